The van der Waals surface area contributed by atoms with Crippen LogP contribution < -0.4 is 0 Å². The lowest BCUT2D eigenvalue weighted by molar-refractivity contribution is 0.231. The molecule has 0 bridgehead atoms. The molecule has 0 unspecified atom stereocenters. The first-order valence-corrected chi connectivity index (χ1v) is 7.92. The van der Waals surface area contributed by atoms with Gasteiger partial charge in [0.2, 0.25) is 0 Å². The van der Waals surface area contributed by atoms with Crippen molar-refractivity contribution in [3.8, 4) is 0 Å². The van der Waals surface area contributed by atoms with Crippen molar-refractivity contribution in [1.82, 2.24) is 0 Å². The van der Waals surface area contributed by atoms with Crippen LogP contribution in [-0.2, 0) is 4.74 Å². The molecule has 0 saturated carbocycles. The molecule has 1 heterocycles. The van der Waals surface area contributed by atoms with Crippen LogP contribution in [0.5, 0.6) is 0 Å². The molecule has 0 aromatic rings. The first-order chi connectivity index (χ1) is 9.00. The second-order valence-corrected chi connectivity index (χ2v) is 5.26. The van der Waals surface area contributed by atoms with Crippen molar-refractivity contribution in [3.05, 3.63) is 24.5 Å². The summed E-state index contributed by atoms with van der Waals surface area (Å²) in [7, 11) is 0. The molecule has 104 valence electrons. The van der Waals surface area contributed by atoms with E-state index in [2.05, 4.69) is 12.2 Å². The topological polar surface area (TPSA) is 9.23 Å². The first kappa shape index (κ1) is 15.3. The summed E-state index contributed by atoms with van der Waals surface area (Å²) >= 11 is 0. The minimum Gasteiger partial charge on any atom is -0.502 e. The number of allylic oxidation sites excluding steroid dienone is 3. The highest BCUT2D eigenvalue weighted by Crippen LogP contribution is 2.12. The Morgan fingerprint density at radius 3 is 1.33 bits per heavy atom. The molecular formula is C17H30O. The zero-order chi connectivity index (χ0) is 12.7. The number of hydrogen-bond donors (Lipinski definition) is 0. The van der Waals surface area contributed by atoms with Crippen LogP contribution in [0.2, 0.25) is 0 Å². The molecule has 0 radical (unpaired) electrons. The average Bonchev–Trinajstić information content (AvgIpc) is 2.42. The molecule has 0 saturated heterocycles. The lowest BCUT2D eigenvalue weighted by atomic mass is 10.0. The second kappa shape index (κ2) is 12.7. The largest absolute Gasteiger partial charge is 0.502 e. The third-order valence-corrected chi connectivity index (χ3v) is 3.48. The van der Waals surface area contributed by atoms with Gasteiger partial charge in [-0.2, -0.15) is 0 Å². The zero-order valence-electron chi connectivity index (χ0n) is 11.9. The van der Waals surface area contributed by atoms with Crippen molar-refractivity contribution < 1.29 is 4.74 Å². The minimum absolute atomic E-state index is 0.913. The van der Waals surface area contributed by atoms with Crippen molar-refractivity contribution in [2.75, 3.05) is 6.61 Å². The van der Waals surface area contributed by atoms with Crippen LogP contribution in [-0.4, -0.2) is 6.61 Å². The van der Waals surface area contributed by atoms with Gasteiger partial charge in [0, 0.05) is 0 Å². The van der Waals surface area contributed by atoms with E-state index in [1.807, 2.05) is 6.08 Å². The van der Waals surface area contributed by atoms with E-state index < -0.39 is 0 Å². The molecule has 2 aliphatic rings. The number of ether oxygens (including phenoxy) is 1. The maximum Gasteiger partial charge on any atom is 0.0876 e. The lowest BCUT2D eigenvalue weighted by Gasteiger charge is -2.02. The van der Waals surface area contributed by atoms with Gasteiger partial charge in [-0.25, -0.2) is 0 Å². The van der Waals surface area contributed by atoms with Crippen LogP contribution in [0.15, 0.2) is 24.5 Å². The van der Waals surface area contributed by atoms with E-state index in [0.29, 0.717) is 0 Å². The van der Waals surface area contributed by atoms with Crippen molar-refractivity contribution in [3.63, 3.8) is 0 Å². The molecule has 18 heavy (non-hydrogen) atoms. The predicted molar refractivity (Wildman–Crippen MR) is 79.6 cm³/mol. The molecule has 1 aliphatic carbocycles. The molecule has 1 nitrogen and oxygen atoms in total. The van der Waals surface area contributed by atoms with E-state index in [-0.39, 0.29) is 0 Å². The van der Waals surface area contributed by atoms with Crippen molar-refractivity contribution in [2.24, 2.45) is 0 Å². The monoisotopic (exact) mass is 250 g/mol. The third-order valence-electron chi connectivity index (χ3n) is 3.48. The summed E-state index contributed by atoms with van der Waals surface area (Å²) in [5, 5.41) is 0. The molecule has 0 spiro atoms. The third kappa shape index (κ3) is 10.4. The van der Waals surface area contributed by atoms with Gasteiger partial charge < -0.3 is 4.74 Å². The van der Waals surface area contributed by atoms with E-state index >= 15 is 0 Å². The molecule has 2 rings (SSSR count). The van der Waals surface area contributed by atoms with E-state index in [1.165, 1.54) is 77.0 Å². The maximum atomic E-state index is 4.89. The fourth-order valence-electron chi connectivity index (χ4n) is 2.31. The van der Waals surface area contributed by atoms with Gasteiger partial charge in [0.1, 0.15) is 0 Å². The van der Waals surface area contributed by atoms with E-state index in [1.54, 1.807) is 6.26 Å². The fourth-order valence-corrected chi connectivity index (χ4v) is 2.31. The van der Waals surface area contributed by atoms with E-state index in [0.717, 1.165) is 6.61 Å². The predicted octanol–water partition coefficient (Wildman–Crippen LogP) is 5.77. The molecule has 1 aliphatic heterocycles. The highest BCUT2D eigenvalue weighted by Gasteiger charge is 1.92. The van der Waals surface area contributed by atoms with Gasteiger partial charge in [-0.15, -0.1) is 0 Å². The highest BCUT2D eigenvalue weighted by atomic mass is 16.5. The fraction of sp³-hybridized carbons (Fsp3) is 0.765. The number of hydrogen-bond acceptors (Lipinski definition) is 1. The summed E-state index contributed by atoms with van der Waals surface area (Å²) in [6.07, 6.45) is 25.2. The van der Waals surface area contributed by atoms with Crippen LogP contribution in [0.4, 0.5) is 0 Å². The van der Waals surface area contributed by atoms with E-state index in [9.17, 15) is 0 Å². The number of rotatable bonds is 0. The second-order valence-electron chi connectivity index (χ2n) is 5.26. The Hall–Kier alpha value is -0.720. The average molecular weight is 250 g/mol. The van der Waals surface area contributed by atoms with Gasteiger partial charge in [-0.1, -0.05) is 50.7 Å². The van der Waals surface area contributed by atoms with Gasteiger partial charge in [-0.3, -0.25) is 0 Å². The Balaban J connectivity index is 0.000000225. The Morgan fingerprint density at radius 1 is 0.500 bits per heavy atom. The summed E-state index contributed by atoms with van der Waals surface area (Å²) in [6, 6.07) is 0. The Morgan fingerprint density at radius 2 is 1.00 bits per heavy atom. The van der Waals surface area contributed by atoms with Crippen LogP contribution in [0.1, 0.15) is 77.0 Å². The van der Waals surface area contributed by atoms with Crippen LogP contribution in [0.3, 0.4) is 0 Å². The summed E-state index contributed by atoms with van der Waals surface area (Å²) in [5.41, 5.74) is 0. The van der Waals surface area contributed by atoms with Gasteiger partial charge >= 0.3 is 0 Å². The molecule has 0 N–H and O–H groups in total. The maximum absolute atomic E-state index is 4.89. The van der Waals surface area contributed by atoms with Crippen LogP contribution in [0, 0.1) is 0 Å². The van der Waals surface area contributed by atoms with Crippen molar-refractivity contribution in [2.45, 2.75) is 77.0 Å². The molecule has 0 atom stereocenters. The molecule has 0 amide bonds. The quantitative estimate of drug-likeness (QED) is 0.496. The summed E-state index contributed by atoms with van der Waals surface area (Å²) in [4.78, 5) is 0. The van der Waals surface area contributed by atoms with Crippen LogP contribution in [0.25, 0.3) is 0 Å². The highest BCUT2D eigenvalue weighted by molar-refractivity contribution is 4.81. The molecular weight excluding hydrogens is 220 g/mol. The Labute approximate surface area is 113 Å². The van der Waals surface area contributed by atoms with Crippen molar-refractivity contribution >= 4 is 0 Å². The normalized spacial score (nSPS) is 21.8. The smallest absolute Gasteiger partial charge is 0.0876 e. The summed E-state index contributed by atoms with van der Waals surface area (Å²) in [5.74, 6) is 0. The summed E-state index contributed by atoms with van der Waals surface area (Å²) < 4.78 is 4.89. The van der Waals surface area contributed by atoms with Crippen molar-refractivity contribution in [1.29, 1.82) is 0 Å². The minimum atomic E-state index is 0.913. The Bertz CT molecular complexity index is 196. The molecule has 1 heteroatoms. The SMILES string of the molecule is C1=CCCCCCCCCCC1.C1=COCCC1. The first-order valence-electron chi connectivity index (χ1n) is 7.92. The van der Waals surface area contributed by atoms with Gasteiger partial charge in [-0.05, 0) is 44.6 Å². The van der Waals surface area contributed by atoms with Crippen LogP contribution >= 0.6 is 0 Å². The molecule has 0 fully saturated rings. The molecule has 0 aromatic carbocycles. The van der Waals surface area contributed by atoms with Gasteiger partial charge in [0.15, 0.2) is 0 Å². The zero-order valence-corrected chi connectivity index (χ0v) is 11.9. The van der Waals surface area contributed by atoms with Gasteiger partial charge in [0.25, 0.3) is 0 Å². The van der Waals surface area contributed by atoms with E-state index in [4.69, 9.17) is 4.74 Å². The summed E-state index contributed by atoms with van der Waals surface area (Å²) in [6.45, 7) is 0.913. The van der Waals surface area contributed by atoms with Gasteiger partial charge in [0.05, 0.1) is 12.9 Å². The standard InChI is InChI=1S/C12H22.C5H8O/c1-2-4-6-8-10-12-11-9-7-5-3-1;1-2-4-6-5-3-1/h1-2H,3-12H2;2,4H,1,3,5H2. The lowest BCUT2D eigenvalue weighted by Crippen LogP contribution is -1.90. The Kier molecular flexibility index (Phi) is 10.8. The molecule has 0 aromatic heterocycles.